The number of Topliss-reactive ketones (excluding diaryl/α,β-unsaturated/α-hetero) is 1. The van der Waals surface area contributed by atoms with E-state index in [1.54, 1.807) is 6.92 Å². The van der Waals surface area contributed by atoms with Gasteiger partial charge in [0.05, 0.1) is 0 Å². The van der Waals surface area contributed by atoms with Crippen LogP contribution in [0.2, 0.25) is 0 Å². The smallest absolute Gasteiger partial charge is 0.131 e. The molecule has 2 unspecified atom stereocenters. The Labute approximate surface area is 80.5 Å². The average Bonchev–Trinajstić information content (AvgIpc) is 1.99. The molecule has 1 saturated heterocycles. The predicted octanol–water partition coefficient (Wildman–Crippen LogP) is 0.648. The molecule has 1 fully saturated rings. The number of hydrogen-bond acceptors (Lipinski definition) is 3. The van der Waals surface area contributed by atoms with Crippen LogP contribution in [-0.4, -0.2) is 42.4 Å². The van der Waals surface area contributed by atoms with Crippen LogP contribution in [0.5, 0.6) is 0 Å². The van der Waals surface area contributed by atoms with E-state index in [0.717, 1.165) is 19.6 Å². The Morgan fingerprint density at radius 2 is 1.92 bits per heavy atom. The molecule has 0 amide bonds. The third-order valence-corrected chi connectivity index (χ3v) is 2.41. The highest BCUT2D eigenvalue weighted by atomic mass is 16.1. The fourth-order valence-electron chi connectivity index (χ4n) is 1.94. The summed E-state index contributed by atoms with van der Waals surface area (Å²) in [5.41, 5.74) is 0. The minimum atomic E-state index is 0.291. The molecule has 1 aliphatic heterocycles. The third kappa shape index (κ3) is 3.87. The summed E-state index contributed by atoms with van der Waals surface area (Å²) in [6.07, 6.45) is 0.694. The van der Waals surface area contributed by atoms with Crippen LogP contribution in [0.1, 0.15) is 27.2 Å². The van der Waals surface area contributed by atoms with Gasteiger partial charge < -0.3 is 5.32 Å². The third-order valence-electron chi connectivity index (χ3n) is 2.41. The quantitative estimate of drug-likeness (QED) is 0.699. The summed E-state index contributed by atoms with van der Waals surface area (Å²) in [5, 5.41) is 3.47. The highest BCUT2D eigenvalue weighted by Gasteiger charge is 2.20. The predicted molar refractivity (Wildman–Crippen MR) is 53.8 cm³/mol. The molecule has 13 heavy (non-hydrogen) atoms. The van der Waals surface area contributed by atoms with Crippen LogP contribution in [0.25, 0.3) is 0 Å². The van der Waals surface area contributed by atoms with Gasteiger partial charge in [0, 0.05) is 38.1 Å². The van der Waals surface area contributed by atoms with Gasteiger partial charge in [0.15, 0.2) is 0 Å². The Kier molecular flexibility index (Phi) is 3.88. The highest BCUT2D eigenvalue weighted by Crippen LogP contribution is 2.04. The zero-order valence-corrected chi connectivity index (χ0v) is 8.84. The molecule has 0 spiro atoms. The van der Waals surface area contributed by atoms with Crippen molar-refractivity contribution < 1.29 is 4.79 Å². The normalized spacial score (nSPS) is 30.4. The lowest BCUT2D eigenvalue weighted by Crippen LogP contribution is -2.54. The van der Waals surface area contributed by atoms with Gasteiger partial charge in [0.1, 0.15) is 5.78 Å². The van der Waals surface area contributed by atoms with Crippen LogP contribution in [-0.2, 0) is 4.79 Å². The maximum Gasteiger partial charge on any atom is 0.131 e. The van der Waals surface area contributed by atoms with Gasteiger partial charge in [-0.25, -0.2) is 0 Å². The van der Waals surface area contributed by atoms with Crippen LogP contribution < -0.4 is 5.32 Å². The van der Waals surface area contributed by atoms with E-state index >= 15 is 0 Å². The number of nitrogens with zero attached hydrogens (tertiary/aromatic N) is 1. The molecule has 0 bridgehead atoms. The van der Waals surface area contributed by atoms with Crippen molar-refractivity contribution in [3.05, 3.63) is 0 Å². The summed E-state index contributed by atoms with van der Waals surface area (Å²) in [4.78, 5) is 13.2. The lowest BCUT2D eigenvalue weighted by atomic mass is 10.1. The molecular weight excluding hydrogens is 164 g/mol. The van der Waals surface area contributed by atoms with Gasteiger partial charge in [0.2, 0.25) is 0 Å². The molecule has 1 N–H and O–H groups in total. The van der Waals surface area contributed by atoms with Crippen molar-refractivity contribution in [1.82, 2.24) is 10.2 Å². The molecule has 76 valence electrons. The summed E-state index contributed by atoms with van der Waals surface area (Å²) in [6, 6.07) is 1.10. The lowest BCUT2D eigenvalue weighted by Gasteiger charge is -2.35. The number of piperazine rings is 1. The number of nitrogens with one attached hydrogen (secondary N) is 1. The van der Waals surface area contributed by atoms with Crippen LogP contribution in [0.15, 0.2) is 0 Å². The molecule has 0 aromatic heterocycles. The molecule has 1 aliphatic rings. The number of carbonyl (C=O) groups is 1. The molecule has 0 aliphatic carbocycles. The van der Waals surface area contributed by atoms with Gasteiger partial charge in [-0.15, -0.1) is 0 Å². The Morgan fingerprint density at radius 1 is 1.38 bits per heavy atom. The van der Waals surface area contributed by atoms with Crippen LogP contribution >= 0.6 is 0 Å². The average molecular weight is 184 g/mol. The molecule has 3 heteroatoms. The Hall–Kier alpha value is -0.410. The summed E-state index contributed by atoms with van der Waals surface area (Å²) >= 11 is 0. The molecule has 1 rings (SSSR count). The van der Waals surface area contributed by atoms with E-state index < -0.39 is 0 Å². The van der Waals surface area contributed by atoms with Crippen LogP contribution in [0.4, 0.5) is 0 Å². The number of carbonyl (C=O) groups excluding carboxylic acids is 1. The van der Waals surface area contributed by atoms with E-state index in [4.69, 9.17) is 0 Å². The summed E-state index contributed by atoms with van der Waals surface area (Å²) in [7, 11) is 0. The fourth-order valence-corrected chi connectivity index (χ4v) is 1.94. The van der Waals surface area contributed by atoms with Gasteiger partial charge >= 0.3 is 0 Å². The molecule has 2 atom stereocenters. The van der Waals surface area contributed by atoms with Crippen molar-refractivity contribution in [2.45, 2.75) is 39.3 Å². The second-order valence-corrected chi connectivity index (χ2v) is 4.18. The molecule has 0 radical (unpaired) electrons. The van der Waals surface area contributed by atoms with Crippen molar-refractivity contribution in [2.75, 3.05) is 19.6 Å². The first-order chi connectivity index (χ1) is 6.08. The molecule has 1 heterocycles. The molecule has 0 aromatic rings. The molecule has 0 saturated carbocycles. The van der Waals surface area contributed by atoms with Crippen molar-refractivity contribution in [2.24, 2.45) is 0 Å². The van der Waals surface area contributed by atoms with Crippen molar-refractivity contribution in [3.63, 3.8) is 0 Å². The Bertz CT molecular complexity index is 172. The summed E-state index contributed by atoms with van der Waals surface area (Å²) in [5.74, 6) is 0.291. The van der Waals surface area contributed by atoms with Crippen molar-refractivity contribution in [1.29, 1.82) is 0 Å². The minimum absolute atomic E-state index is 0.291. The maximum absolute atomic E-state index is 10.8. The lowest BCUT2D eigenvalue weighted by molar-refractivity contribution is -0.117. The first kappa shape index (κ1) is 10.7. The van der Waals surface area contributed by atoms with E-state index in [9.17, 15) is 4.79 Å². The highest BCUT2D eigenvalue weighted by molar-refractivity contribution is 5.75. The fraction of sp³-hybridized carbons (Fsp3) is 0.900. The molecule has 0 aromatic carbocycles. The topological polar surface area (TPSA) is 32.3 Å². The summed E-state index contributed by atoms with van der Waals surface area (Å²) < 4.78 is 0. The Morgan fingerprint density at radius 3 is 2.38 bits per heavy atom. The van der Waals surface area contributed by atoms with Gasteiger partial charge in [-0.05, 0) is 20.8 Å². The number of rotatable bonds is 3. The van der Waals surface area contributed by atoms with E-state index in [0.29, 0.717) is 24.3 Å². The zero-order chi connectivity index (χ0) is 9.84. The Balaban J connectivity index is 2.28. The standard InChI is InChI=1S/C10H20N2O/c1-8-6-12(5-4-10(3)13)7-9(2)11-8/h8-9,11H,4-7H2,1-3H3. The monoisotopic (exact) mass is 184 g/mol. The second kappa shape index (κ2) is 4.72. The first-order valence-corrected chi connectivity index (χ1v) is 5.05. The largest absolute Gasteiger partial charge is 0.309 e. The molecule has 3 nitrogen and oxygen atoms in total. The van der Waals surface area contributed by atoms with Crippen LogP contribution in [0.3, 0.4) is 0 Å². The van der Waals surface area contributed by atoms with E-state index in [1.165, 1.54) is 0 Å². The second-order valence-electron chi connectivity index (χ2n) is 4.18. The molecular formula is C10H20N2O. The SMILES string of the molecule is CC(=O)CCN1CC(C)NC(C)C1. The first-order valence-electron chi connectivity index (χ1n) is 5.05. The van der Waals surface area contributed by atoms with E-state index in [2.05, 4.69) is 24.1 Å². The van der Waals surface area contributed by atoms with Crippen LogP contribution in [0, 0.1) is 0 Å². The van der Waals surface area contributed by atoms with Gasteiger partial charge in [-0.1, -0.05) is 0 Å². The van der Waals surface area contributed by atoms with Gasteiger partial charge in [0.25, 0.3) is 0 Å². The number of ketones is 1. The minimum Gasteiger partial charge on any atom is -0.309 e. The van der Waals surface area contributed by atoms with Crippen molar-refractivity contribution in [3.8, 4) is 0 Å². The van der Waals surface area contributed by atoms with E-state index in [1.807, 2.05) is 0 Å². The van der Waals surface area contributed by atoms with Crippen molar-refractivity contribution >= 4 is 5.78 Å². The van der Waals surface area contributed by atoms with Gasteiger partial charge in [-0.2, -0.15) is 0 Å². The maximum atomic E-state index is 10.8. The number of hydrogen-bond donors (Lipinski definition) is 1. The zero-order valence-electron chi connectivity index (χ0n) is 8.84. The van der Waals surface area contributed by atoms with E-state index in [-0.39, 0.29) is 0 Å². The summed E-state index contributed by atoms with van der Waals surface area (Å²) in [6.45, 7) is 9.10. The van der Waals surface area contributed by atoms with Gasteiger partial charge in [-0.3, -0.25) is 9.69 Å².